The first-order valence-corrected chi connectivity index (χ1v) is 6.59. The predicted octanol–water partition coefficient (Wildman–Crippen LogP) is 3.99. The van der Waals surface area contributed by atoms with Gasteiger partial charge in [-0.05, 0) is 39.6 Å². The maximum Gasteiger partial charge on any atom is 0.0349 e. The van der Waals surface area contributed by atoms with Crippen molar-refractivity contribution < 1.29 is 0 Å². The Balaban J connectivity index is 2.02. The summed E-state index contributed by atoms with van der Waals surface area (Å²) in [7, 11) is 2.81. The Hall–Kier alpha value is -1.39. The van der Waals surface area contributed by atoms with Crippen LogP contribution >= 0.6 is 9.24 Å². The molecule has 0 bridgehead atoms. The molecular formula is C16H13P. The lowest BCUT2D eigenvalue weighted by molar-refractivity contribution is 0.831. The summed E-state index contributed by atoms with van der Waals surface area (Å²) in [6, 6.07) is 0. The van der Waals surface area contributed by atoms with Crippen molar-refractivity contribution in [2.75, 3.05) is 0 Å². The van der Waals surface area contributed by atoms with E-state index in [0.29, 0.717) is 5.92 Å². The maximum absolute atomic E-state index is 2.81. The monoisotopic (exact) mass is 236 g/mol. The summed E-state index contributed by atoms with van der Waals surface area (Å²) in [4.78, 5) is 0. The Morgan fingerprint density at radius 2 is 1.94 bits per heavy atom. The molecule has 4 aliphatic carbocycles. The van der Waals surface area contributed by atoms with Crippen LogP contribution in [0.1, 0.15) is 6.42 Å². The van der Waals surface area contributed by atoms with E-state index < -0.39 is 0 Å². The van der Waals surface area contributed by atoms with E-state index in [1.54, 1.807) is 0 Å². The fourth-order valence-corrected chi connectivity index (χ4v) is 3.53. The summed E-state index contributed by atoms with van der Waals surface area (Å²) in [6.45, 7) is 0. The van der Waals surface area contributed by atoms with Crippen molar-refractivity contribution in [2.24, 2.45) is 5.92 Å². The highest BCUT2D eigenvalue weighted by atomic mass is 31.0. The van der Waals surface area contributed by atoms with Crippen LogP contribution in [0.5, 0.6) is 0 Å². The van der Waals surface area contributed by atoms with Gasteiger partial charge in [-0.1, -0.05) is 48.6 Å². The second-order valence-corrected chi connectivity index (χ2v) is 5.56. The number of hydrogen-bond acceptors (Lipinski definition) is 0. The zero-order chi connectivity index (χ0) is 11.4. The average Bonchev–Trinajstić information content (AvgIpc) is 2.35. The summed E-state index contributed by atoms with van der Waals surface area (Å²) in [5.74, 6) is 0.490. The fourth-order valence-electron chi connectivity index (χ4n) is 3.14. The summed E-state index contributed by atoms with van der Waals surface area (Å²) in [5.41, 5.74) is 7.29. The molecule has 0 aromatic heterocycles. The molecule has 0 saturated carbocycles. The van der Waals surface area contributed by atoms with Gasteiger partial charge in [0.15, 0.2) is 0 Å². The molecule has 0 heterocycles. The minimum atomic E-state index is 0.490. The van der Waals surface area contributed by atoms with Crippen molar-refractivity contribution in [3.63, 3.8) is 0 Å². The molecule has 0 aromatic rings. The summed E-state index contributed by atoms with van der Waals surface area (Å²) < 4.78 is 0. The van der Waals surface area contributed by atoms with Gasteiger partial charge in [0, 0.05) is 5.92 Å². The van der Waals surface area contributed by atoms with Gasteiger partial charge in [0.25, 0.3) is 0 Å². The lowest BCUT2D eigenvalue weighted by Crippen LogP contribution is -2.20. The van der Waals surface area contributed by atoms with Gasteiger partial charge in [0.1, 0.15) is 0 Å². The molecule has 4 rings (SSSR count). The van der Waals surface area contributed by atoms with Crippen molar-refractivity contribution in [1.29, 1.82) is 0 Å². The van der Waals surface area contributed by atoms with Crippen LogP contribution in [0.3, 0.4) is 0 Å². The zero-order valence-electron chi connectivity index (χ0n) is 9.48. The standard InChI is InChI=1S/C16H13P/c17-14-8-12-6-4-10-2-1-3-11-5-7-13(9-14)16(12)15(10)11/h1-2,4-9,16H,3,17H2. The summed E-state index contributed by atoms with van der Waals surface area (Å²) in [5, 5.41) is 1.28. The van der Waals surface area contributed by atoms with E-state index in [1.165, 1.54) is 33.2 Å². The number of hydrogen-bond donors (Lipinski definition) is 0. The van der Waals surface area contributed by atoms with Crippen LogP contribution in [-0.4, -0.2) is 0 Å². The molecule has 0 N–H and O–H groups in total. The molecule has 0 aromatic carbocycles. The van der Waals surface area contributed by atoms with Crippen molar-refractivity contribution in [3.05, 3.63) is 81.8 Å². The first kappa shape index (κ1) is 9.62. The molecule has 82 valence electrons. The minimum Gasteiger partial charge on any atom is -0.106 e. The Bertz CT molecular complexity index is 630. The molecule has 0 nitrogen and oxygen atoms in total. The molecule has 0 radical (unpaired) electrons. The van der Waals surface area contributed by atoms with Crippen molar-refractivity contribution in [2.45, 2.75) is 6.42 Å². The number of rotatable bonds is 0. The van der Waals surface area contributed by atoms with Gasteiger partial charge in [0.2, 0.25) is 0 Å². The van der Waals surface area contributed by atoms with Gasteiger partial charge in [-0.25, -0.2) is 0 Å². The first-order chi connectivity index (χ1) is 8.33. The van der Waals surface area contributed by atoms with E-state index in [9.17, 15) is 0 Å². The normalized spacial score (nSPS) is 28.2. The summed E-state index contributed by atoms with van der Waals surface area (Å²) in [6.07, 6.45) is 19.3. The average molecular weight is 236 g/mol. The fraction of sp³-hybridized carbons (Fsp3) is 0.125. The summed E-state index contributed by atoms with van der Waals surface area (Å²) >= 11 is 0. The third-order valence-corrected chi connectivity index (χ3v) is 4.18. The van der Waals surface area contributed by atoms with Crippen LogP contribution in [0.4, 0.5) is 0 Å². The molecule has 0 saturated heterocycles. The van der Waals surface area contributed by atoms with E-state index in [-0.39, 0.29) is 0 Å². The van der Waals surface area contributed by atoms with E-state index in [2.05, 4.69) is 57.8 Å². The van der Waals surface area contributed by atoms with Gasteiger partial charge in [-0.15, -0.1) is 9.24 Å². The van der Waals surface area contributed by atoms with E-state index in [0.717, 1.165) is 6.42 Å². The molecule has 2 atom stereocenters. The van der Waals surface area contributed by atoms with E-state index in [4.69, 9.17) is 0 Å². The highest BCUT2D eigenvalue weighted by Crippen LogP contribution is 2.47. The minimum absolute atomic E-state index is 0.490. The molecule has 17 heavy (non-hydrogen) atoms. The largest absolute Gasteiger partial charge is 0.106 e. The van der Waals surface area contributed by atoms with Gasteiger partial charge in [-0.3, -0.25) is 0 Å². The van der Waals surface area contributed by atoms with Crippen LogP contribution in [0.25, 0.3) is 0 Å². The molecular weight excluding hydrogens is 223 g/mol. The van der Waals surface area contributed by atoms with Gasteiger partial charge in [0.05, 0.1) is 0 Å². The molecule has 0 fully saturated rings. The highest BCUT2D eigenvalue weighted by Gasteiger charge is 2.32. The topological polar surface area (TPSA) is 0 Å². The lowest BCUT2D eigenvalue weighted by atomic mass is 9.69. The Morgan fingerprint density at radius 3 is 2.88 bits per heavy atom. The third kappa shape index (κ3) is 1.28. The van der Waals surface area contributed by atoms with Crippen LogP contribution in [-0.2, 0) is 0 Å². The highest BCUT2D eigenvalue weighted by molar-refractivity contribution is 7.23. The van der Waals surface area contributed by atoms with Crippen molar-refractivity contribution in [3.8, 4) is 0 Å². The van der Waals surface area contributed by atoms with Crippen molar-refractivity contribution in [1.82, 2.24) is 0 Å². The zero-order valence-corrected chi connectivity index (χ0v) is 10.6. The lowest BCUT2D eigenvalue weighted by Gasteiger charge is -2.35. The van der Waals surface area contributed by atoms with Gasteiger partial charge < -0.3 is 0 Å². The van der Waals surface area contributed by atoms with Crippen molar-refractivity contribution >= 4 is 9.24 Å². The smallest absolute Gasteiger partial charge is 0.0349 e. The predicted molar refractivity (Wildman–Crippen MR) is 75.5 cm³/mol. The van der Waals surface area contributed by atoms with Gasteiger partial charge in [-0.2, -0.15) is 0 Å². The first-order valence-electron chi connectivity index (χ1n) is 6.01. The Morgan fingerprint density at radius 1 is 1.00 bits per heavy atom. The van der Waals surface area contributed by atoms with E-state index >= 15 is 0 Å². The maximum atomic E-state index is 2.81. The van der Waals surface area contributed by atoms with Crippen LogP contribution in [0.15, 0.2) is 81.8 Å². The third-order valence-electron chi connectivity index (χ3n) is 3.85. The molecule has 0 amide bonds. The van der Waals surface area contributed by atoms with Crippen LogP contribution < -0.4 is 0 Å². The quantitative estimate of drug-likeness (QED) is 0.558. The Kier molecular flexibility index (Phi) is 1.87. The number of allylic oxidation sites excluding steroid dienone is 14. The molecule has 2 unspecified atom stereocenters. The second-order valence-electron chi connectivity index (χ2n) is 4.89. The Labute approximate surface area is 104 Å². The van der Waals surface area contributed by atoms with Crippen LogP contribution in [0.2, 0.25) is 0 Å². The van der Waals surface area contributed by atoms with Gasteiger partial charge >= 0.3 is 0 Å². The molecule has 1 heteroatoms. The molecule has 0 aliphatic heterocycles. The second kappa shape index (κ2) is 3.31. The molecule has 0 spiro atoms. The molecule has 4 aliphatic rings. The van der Waals surface area contributed by atoms with E-state index in [1.807, 2.05) is 0 Å². The van der Waals surface area contributed by atoms with Crippen LogP contribution in [0, 0.1) is 5.92 Å². The SMILES string of the molecule is PC1=CC2=CC=C3CC=CC4=C3C2C(=C1)C=C4.